The molecule has 0 saturated heterocycles. The topological polar surface area (TPSA) is 43.4 Å². The predicted octanol–water partition coefficient (Wildman–Crippen LogP) is 2.33. The Morgan fingerprint density at radius 1 is 1.50 bits per heavy atom. The molecule has 0 amide bonds. The van der Waals surface area contributed by atoms with Gasteiger partial charge < -0.3 is 4.74 Å². The Hall–Kier alpha value is -0.860. The van der Waals surface area contributed by atoms with Crippen molar-refractivity contribution < 1.29 is 14.3 Å². The lowest BCUT2D eigenvalue weighted by atomic mass is 9.67. The highest BCUT2D eigenvalue weighted by molar-refractivity contribution is 5.93. The minimum absolute atomic E-state index is 0.0309. The van der Waals surface area contributed by atoms with Gasteiger partial charge in [-0.15, -0.1) is 0 Å². The van der Waals surface area contributed by atoms with Crippen LogP contribution in [0.25, 0.3) is 0 Å². The Morgan fingerprint density at radius 3 is 2.62 bits per heavy atom. The van der Waals surface area contributed by atoms with Gasteiger partial charge in [0.2, 0.25) is 0 Å². The molecule has 0 aliphatic heterocycles. The van der Waals surface area contributed by atoms with Crippen molar-refractivity contribution >= 4 is 11.8 Å². The van der Waals surface area contributed by atoms with Crippen LogP contribution >= 0.6 is 0 Å². The summed E-state index contributed by atoms with van der Waals surface area (Å²) in [5.41, 5.74) is -0.458. The molecule has 0 radical (unpaired) electrons. The van der Waals surface area contributed by atoms with E-state index in [4.69, 9.17) is 4.74 Å². The second-order valence-electron chi connectivity index (χ2n) is 5.65. The summed E-state index contributed by atoms with van der Waals surface area (Å²) in [5, 5.41) is 0. The Balaban J connectivity index is 2.22. The first-order valence-electron chi connectivity index (χ1n) is 6.13. The van der Waals surface area contributed by atoms with Crippen LogP contribution < -0.4 is 0 Å². The first-order valence-corrected chi connectivity index (χ1v) is 6.13. The summed E-state index contributed by atoms with van der Waals surface area (Å²) in [5.74, 6) is 0.530. The van der Waals surface area contributed by atoms with E-state index in [9.17, 15) is 9.59 Å². The van der Waals surface area contributed by atoms with Crippen LogP contribution in [0.4, 0.5) is 0 Å². The molecular weight excluding hydrogens is 204 g/mol. The van der Waals surface area contributed by atoms with E-state index in [1.807, 2.05) is 0 Å². The first kappa shape index (κ1) is 11.6. The number of carbonyl (C=O) groups excluding carboxylic acids is 2. The van der Waals surface area contributed by atoms with Gasteiger partial charge in [-0.3, -0.25) is 9.59 Å². The normalized spacial score (nSPS) is 35.4. The quantitative estimate of drug-likeness (QED) is 0.691. The number of hydrogen-bond acceptors (Lipinski definition) is 3. The molecule has 0 N–H and O–H groups in total. The Kier molecular flexibility index (Phi) is 2.59. The summed E-state index contributed by atoms with van der Waals surface area (Å²) >= 11 is 0. The summed E-state index contributed by atoms with van der Waals surface area (Å²) in [6, 6.07) is 0. The maximum absolute atomic E-state index is 12.1. The van der Waals surface area contributed by atoms with Crippen molar-refractivity contribution in [3.8, 4) is 0 Å². The lowest BCUT2D eigenvalue weighted by molar-refractivity contribution is -0.151. The molecule has 0 aromatic carbocycles. The van der Waals surface area contributed by atoms with Crippen LogP contribution in [0.2, 0.25) is 0 Å². The number of fused-ring (bicyclic) bond motifs is 2. The summed E-state index contributed by atoms with van der Waals surface area (Å²) in [6.07, 6.45) is 2.88. The van der Waals surface area contributed by atoms with Gasteiger partial charge in [0.05, 0.1) is 13.0 Å². The van der Waals surface area contributed by atoms with Gasteiger partial charge in [-0.1, -0.05) is 13.8 Å². The lowest BCUT2D eigenvalue weighted by Gasteiger charge is -2.35. The lowest BCUT2D eigenvalue weighted by Crippen LogP contribution is -2.38. The maximum Gasteiger partial charge on any atom is 0.306 e. The molecule has 2 aliphatic carbocycles. The minimum atomic E-state index is -0.427. The van der Waals surface area contributed by atoms with Crippen molar-refractivity contribution in [1.29, 1.82) is 0 Å². The SMILES string of the molecule is CCOC(=O)C[C@@]12CC[C@H](CC1=O)C2(C)C. The van der Waals surface area contributed by atoms with Gasteiger partial charge >= 0.3 is 5.97 Å². The van der Waals surface area contributed by atoms with Crippen molar-refractivity contribution in [3.63, 3.8) is 0 Å². The van der Waals surface area contributed by atoms with Gasteiger partial charge in [-0.05, 0) is 31.1 Å². The van der Waals surface area contributed by atoms with Gasteiger partial charge in [0.15, 0.2) is 0 Å². The summed E-state index contributed by atoms with van der Waals surface area (Å²) in [4.78, 5) is 23.7. The van der Waals surface area contributed by atoms with Crippen LogP contribution in [0.1, 0.15) is 46.5 Å². The fraction of sp³-hybridized carbons (Fsp3) is 0.846. The summed E-state index contributed by atoms with van der Waals surface area (Å²) < 4.78 is 5.00. The fourth-order valence-corrected chi connectivity index (χ4v) is 3.64. The zero-order chi connectivity index (χ0) is 12.0. The number of Topliss-reactive ketones (excluding diaryl/α,β-unsaturated/α-hetero) is 1. The Morgan fingerprint density at radius 2 is 2.19 bits per heavy atom. The van der Waals surface area contributed by atoms with Crippen LogP contribution in [-0.4, -0.2) is 18.4 Å². The molecule has 0 aromatic heterocycles. The van der Waals surface area contributed by atoms with Crippen molar-refractivity contribution in [2.24, 2.45) is 16.7 Å². The summed E-state index contributed by atoms with van der Waals surface area (Å²) in [6.45, 7) is 6.46. The van der Waals surface area contributed by atoms with Crippen LogP contribution in [0.5, 0.6) is 0 Å². The number of hydrogen-bond donors (Lipinski definition) is 0. The Bertz CT molecular complexity index is 332. The molecule has 0 spiro atoms. The molecule has 2 atom stereocenters. The average molecular weight is 224 g/mol. The van der Waals surface area contributed by atoms with Gasteiger partial charge in [-0.2, -0.15) is 0 Å². The fourth-order valence-electron chi connectivity index (χ4n) is 3.64. The summed E-state index contributed by atoms with van der Waals surface area (Å²) in [7, 11) is 0. The largest absolute Gasteiger partial charge is 0.466 e. The predicted molar refractivity (Wildman–Crippen MR) is 59.8 cm³/mol. The molecule has 90 valence electrons. The molecule has 2 bridgehead atoms. The molecule has 2 fully saturated rings. The monoisotopic (exact) mass is 224 g/mol. The number of ketones is 1. The first-order chi connectivity index (χ1) is 7.44. The van der Waals surface area contributed by atoms with E-state index in [-0.39, 0.29) is 23.6 Å². The number of rotatable bonds is 3. The standard InChI is InChI=1S/C13H20O3/c1-4-16-11(15)8-13-6-5-9(7-10(13)14)12(13,2)3/h9H,4-8H2,1-3H3/t9-,13+/m1/s1. The van der Waals surface area contributed by atoms with E-state index in [1.165, 1.54) is 0 Å². The molecule has 0 heterocycles. The van der Waals surface area contributed by atoms with Crippen LogP contribution in [0.3, 0.4) is 0 Å². The molecule has 2 saturated carbocycles. The third kappa shape index (κ3) is 1.33. The minimum Gasteiger partial charge on any atom is -0.466 e. The van der Waals surface area contributed by atoms with Crippen molar-refractivity contribution in [1.82, 2.24) is 0 Å². The zero-order valence-corrected chi connectivity index (χ0v) is 10.3. The van der Waals surface area contributed by atoms with Gasteiger partial charge in [0, 0.05) is 11.8 Å². The van der Waals surface area contributed by atoms with Crippen LogP contribution in [0, 0.1) is 16.7 Å². The third-order valence-electron chi connectivity index (χ3n) is 4.89. The zero-order valence-electron chi connectivity index (χ0n) is 10.3. The smallest absolute Gasteiger partial charge is 0.306 e. The van der Waals surface area contributed by atoms with E-state index >= 15 is 0 Å². The molecule has 16 heavy (non-hydrogen) atoms. The molecule has 0 aromatic rings. The molecule has 3 heteroatoms. The highest BCUT2D eigenvalue weighted by Gasteiger charge is 2.64. The maximum atomic E-state index is 12.1. The van der Waals surface area contributed by atoms with Crippen molar-refractivity contribution in [2.75, 3.05) is 6.61 Å². The molecule has 2 aliphatic rings. The van der Waals surface area contributed by atoms with Gasteiger partial charge in [0.1, 0.15) is 5.78 Å². The molecule has 2 rings (SSSR count). The van der Waals surface area contributed by atoms with Gasteiger partial charge in [0.25, 0.3) is 0 Å². The van der Waals surface area contributed by atoms with Crippen LogP contribution in [0.15, 0.2) is 0 Å². The van der Waals surface area contributed by atoms with E-state index in [1.54, 1.807) is 6.92 Å². The molecule has 3 nitrogen and oxygen atoms in total. The van der Waals surface area contributed by atoms with E-state index < -0.39 is 5.41 Å². The second-order valence-corrected chi connectivity index (χ2v) is 5.65. The highest BCUT2D eigenvalue weighted by atomic mass is 16.5. The highest BCUT2D eigenvalue weighted by Crippen LogP contribution is 2.65. The van der Waals surface area contributed by atoms with Crippen molar-refractivity contribution in [2.45, 2.75) is 46.5 Å². The number of ether oxygens (including phenoxy) is 1. The van der Waals surface area contributed by atoms with E-state index in [0.717, 1.165) is 12.8 Å². The van der Waals surface area contributed by atoms with E-state index in [2.05, 4.69) is 13.8 Å². The van der Waals surface area contributed by atoms with Crippen molar-refractivity contribution in [3.05, 3.63) is 0 Å². The average Bonchev–Trinajstić information content (AvgIpc) is 2.51. The van der Waals surface area contributed by atoms with E-state index in [0.29, 0.717) is 18.9 Å². The third-order valence-corrected chi connectivity index (χ3v) is 4.89. The Labute approximate surface area is 96.5 Å². The second kappa shape index (κ2) is 3.57. The van der Waals surface area contributed by atoms with Crippen LogP contribution in [-0.2, 0) is 14.3 Å². The number of carbonyl (C=O) groups is 2. The molecular formula is C13H20O3. The molecule has 0 unspecified atom stereocenters. The van der Waals surface area contributed by atoms with Gasteiger partial charge in [-0.25, -0.2) is 0 Å². The number of esters is 1.